The Morgan fingerprint density at radius 3 is 2.88 bits per heavy atom. The van der Waals surface area contributed by atoms with Gasteiger partial charge in [0.1, 0.15) is 5.75 Å². The van der Waals surface area contributed by atoms with Crippen molar-refractivity contribution in [3.63, 3.8) is 0 Å². The number of nitrogens with one attached hydrogen (secondary N) is 1. The van der Waals surface area contributed by atoms with Crippen molar-refractivity contribution in [1.82, 2.24) is 5.32 Å². The number of benzene rings is 1. The van der Waals surface area contributed by atoms with Crippen molar-refractivity contribution in [3.8, 4) is 5.75 Å². The van der Waals surface area contributed by atoms with Crippen LogP contribution in [0.2, 0.25) is 0 Å². The number of ketones is 1. The first kappa shape index (κ1) is 11.6. The van der Waals surface area contributed by atoms with Crippen LogP contribution in [0.1, 0.15) is 41.7 Å². The van der Waals surface area contributed by atoms with Crippen LogP contribution in [-0.4, -0.2) is 18.8 Å². The van der Waals surface area contributed by atoms with E-state index < -0.39 is 0 Å². The Morgan fingerprint density at radius 1 is 1.47 bits per heavy atom. The predicted molar refractivity (Wildman–Crippen MR) is 63.1 cm³/mol. The first-order chi connectivity index (χ1) is 8.11. The molecule has 1 aliphatic carbocycles. The molecule has 17 heavy (non-hydrogen) atoms. The third-order valence-corrected chi connectivity index (χ3v) is 2.97. The Morgan fingerprint density at radius 2 is 2.24 bits per heavy atom. The molecule has 1 aromatic carbocycles. The lowest BCUT2D eigenvalue weighted by molar-refractivity contribution is -0.119. The van der Waals surface area contributed by atoms with Crippen LogP contribution in [0.15, 0.2) is 18.2 Å². The molecule has 0 unspecified atom stereocenters. The van der Waals surface area contributed by atoms with Crippen LogP contribution in [-0.2, 0) is 4.79 Å². The molecule has 4 heteroatoms. The van der Waals surface area contributed by atoms with Gasteiger partial charge in [0.15, 0.2) is 5.78 Å². The fourth-order valence-corrected chi connectivity index (χ4v) is 2.17. The molecule has 0 aromatic heterocycles. The van der Waals surface area contributed by atoms with E-state index in [4.69, 9.17) is 4.74 Å². The third kappa shape index (κ3) is 2.30. The Hall–Kier alpha value is -1.84. The number of carbonyl (C=O) groups is 2. The van der Waals surface area contributed by atoms with E-state index in [1.165, 1.54) is 6.92 Å². The first-order valence-corrected chi connectivity index (χ1v) is 5.60. The molecule has 1 N–H and O–H groups in total. The summed E-state index contributed by atoms with van der Waals surface area (Å²) in [7, 11) is 1.58. The third-order valence-electron chi connectivity index (χ3n) is 2.97. The van der Waals surface area contributed by atoms with Crippen LogP contribution in [0.25, 0.3) is 0 Å². The Labute approximate surface area is 100.0 Å². The van der Waals surface area contributed by atoms with Gasteiger partial charge in [-0.15, -0.1) is 0 Å². The molecule has 4 nitrogen and oxygen atoms in total. The van der Waals surface area contributed by atoms with Gasteiger partial charge in [-0.05, 0) is 30.2 Å². The molecule has 0 saturated heterocycles. The smallest absolute Gasteiger partial charge is 0.217 e. The molecule has 0 aliphatic heterocycles. The fraction of sp³-hybridized carbons (Fsp3) is 0.385. The van der Waals surface area contributed by atoms with Crippen LogP contribution in [0.5, 0.6) is 5.75 Å². The number of rotatable bonds is 2. The minimum absolute atomic E-state index is 0.0851. The summed E-state index contributed by atoms with van der Waals surface area (Å²) < 4.78 is 5.14. The maximum atomic E-state index is 11.8. The predicted octanol–water partition coefficient (Wildman–Crippen LogP) is 1.85. The Bertz CT molecular complexity index is 468. The number of hydrogen-bond donors (Lipinski definition) is 1. The zero-order valence-corrected chi connectivity index (χ0v) is 9.95. The summed E-state index contributed by atoms with van der Waals surface area (Å²) in [6.45, 7) is 1.48. The van der Waals surface area contributed by atoms with Crippen molar-refractivity contribution in [3.05, 3.63) is 29.3 Å². The molecule has 0 saturated carbocycles. The minimum atomic E-state index is -0.0877. The standard InChI is InChI=1S/C13H15NO3/c1-8(15)14-12-5-6-13(16)10-4-3-9(17-2)7-11(10)12/h3-4,7,12H,5-6H2,1-2H3,(H,14,15)/t12-/m0/s1. The number of ether oxygens (including phenoxy) is 1. The summed E-state index contributed by atoms with van der Waals surface area (Å²) in [5.74, 6) is 0.746. The maximum Gasteiger partial charge on any atom is 0.217 e. The van der Waals surface area contributed by atoms with Gasteiger partial charge in [-0.2, -0.15) is 0 Å². The van der Waals surface area contributed by atoms with E-state index in [2.05, 4.69) is 5.32 Å². The fourth-order valence-electron chi connectivity index (χ4n) is 2.17. The monoisotopic (exact) mass is 233 g/mol. The zero-order chi connectivity index (χ0) is 12.4. The number of amides is 1. The number of carbonyl (C=O) groups excluding carboxylic acids is 2. The van der Waals surface area contributed by atoms with Crippen molar-refractivity contribution < 1.29 is 14.3 Å². The zero-order valence-electron chi connectivity index (χ0n) is 9.95. The van der Waals surface area contributed by atoms with Crippen LogP contribution in [0.3, 0.4) is 0 Å². The molecule has 90 valence electrons. The number of fused-ring (bicyclic) bond motifs is 1. The first-order valence-electron chi connectivity index (χ1n) is 5.60. The van der Waals surface area contributed by atoms with E-state index in [0.29, 0.717) is 24.2 Å². The molecular weight excluding hydrogens is 218 g/mol. The summed E-state index contributed by atoms with van der Waals surface area (Å²) in [5.41, 5.74) is 1.55. The highest BCUT2D eigenvalue weighted by Crippen LogP contribution is 2.32. The second-order valence-electron chi connectivity index (χ2n) is 4.17. The van der Waals surface area contributed by atoms with Gasteiger partial charge < -0.3 is 10.1 Å². The van der Waals surface area contributed by atoms with Crippen molar-refractivity contribution in [2.24, 2.45) is 0 Å². The molecule has 2 rings (SSSR count). The number of hydrogen-bond acceptors (Lipinski definition) is 3. The SMILES string of the molecule is COc1ccc2c(c1)[C@@H](NC(C)=O)CCC2=O. The number of methoxy groups -OCH3 is 1. The van der Waals surface area contributed by atoms with Crippen LogP contribution >= 0.6 is 0 Å². The van der Waals surface area contributed by atoms with E-state index in [1.807, 2.05) is 6.07 Å². The highest BCUT2D eigenvalue weighted by molar-refractivity contribution is 5.99. The van der Waals surface area contributed by atoms with Gasteiger partial charge >= 0.3 is 0 Å². The molecule has 0 bridgehead atoms. The largest absolute Gasteiger partial charge is 0.497 e. The average molecular weight is 233 g/mol. The summed E-state index contributed by atoms with van der Waals surface area (Å²) in [6.07, 6.45) is 1.13. The van der Waals surface area contributed by atoms with Crippen molar-refractivity contribution in [2.75, 3.05) is 7.11 Å². The van der Waals surface area contributed by atoms with Gasteiger partial charge in [0.2, 0.25) is 5.91 Å². The van der Waals surface area contributed by atoms with Crippen LogP contribution in [0, 0.1) is 0 Å². The average Bonchev–Trinajstić information content (AvgIpc) is 2.32. The van der Waals surface area contributed by atoms with E-state index >= 15 is 0 Å². The van der Waals surface area contributed by atoms with Gasteiger partial charge in [-0.25, -0.2) is 0 Å². The molecule has 0 radical (unpaired) electrons. The minimum Gasteiger partial charge on any atom is -0.497 e. The topological polar surface area (TPSA) is 55.4 Å². The van der Waals surface area contributed by atoms with Gasteiger partial charge in [0.25, 0.3) is 0 Å². The highest BCUT2D eigenvalue weighted by atomic mass is 16.5. The number of Topliss-reactive ketones (excluding diaryl/α,β-unsaturated/α-hetero) is 1. The van der Waals surface area contributed by atoms with Crippen molar-refractivity contribution in [2.45, 2.75) is 25.8 Å². The quantitative estimate of drug-likeness (QED) is 0.848. The van der Waals surface area contributed by atoms with E-state index in [-0.39, 0.29) is 17.7 Å². The lowest BCUT2D eigenvalue weighted by Crippen LogP contribution is -2.30. The van der Waals surface area contributed by atoms with Gasteiger partial charge in [-0.3, -0.25) is 9.59 Å². The molecule has 0 fully saturated rings. The van der Waals surface area contributed by atoms with E-state index in [0.717, 1.165) is 5.56 Å². The molecule has 1 amide bonds. The summed E-state index contributed by atoms with van der Waals surface area (Å²) in [5, 5.41) is 2.86. The molecular formula is C13H15NO3. The van der Waals surface area contributed by atoms with Crippen LogP contribution in [0.4, 0.5) is 0 Å². The van der Waals surface area contributed by atoms with E-state index in [9.17, 15) is 9.59 Å². The lowest BCUT2D eigenvalue weighted by Gasteiger charge is -2.25. The second kappa shape index (κ2) is 4.57. The van der Waals surface area contributed by atoms with Gasteiger partial charge in [-0.1, -0.05) is 0 Å². The van der Waals surface area contributed by atoms with E-state index in [1.54, 1.807) is 19.2 Å². The normalized spacial score (nSPS) is 18.5. The molecule has 0 heterocycles. The summed E-state index contributed by atoms with van der Waals surface area (Å²) in [4.78, 5) is 22.9. The lowest BCUT2D eigenvalue weighted by atomic mass is 9.86. The molecule has 1 aromatic rings. The molecule has 0 spiro atoms. The van der Waals surface area contributed by atoms with Gasteiger partial charge in [0, 0.05) is 18.9 Å². The Balaban J connectivity index is 2.41. The summed E-state index contributed by atoms with van der Waals surface area (Å²) in [6, 6.07) is 5.28. The van der Waals surface area contributed by atoms with Crippen molar-refractivity contribution in [1.29, 1.82) is 0 Å². The van der Waals surface area contributed by atoms with Gasteiger partial charge in [0.05, 0.1) is 13.2 Å². The highest BCUT2D eigenvalue weighted by Gasteiger charge is 2.26. The summed E-state index contributed by atoms with van der Waals surface area (Å²) >= 11 is 0. The van der Waals surface area contributed by atoms with Crippen LogP contribution < -0.4 is 10.1 Å². The Kier molecular flexibility index (Phi) is 3.13. The molecule has 1 atom stereocenters. The van der Waals surface area contributed by atoms with Crippen molar-refractivity contribution >= 4 is 11.7 Å². The molecule has 1 aliphatic rings. The second-order valence-corrected chi connectivity index (χ2v) is 4.17. The maximum absolute atomic E-state index is 11.8.